The third kappa shape index (κ3) is 6.22. The molecule has 3 heterocycles. The van der Waals surface area contributed by atoms with Gasteiger partial charge in [0.1, 0.15) is 5.52 Å². The SMILES string of the molecule is c1ccc(-c2cccc(-c3nc(-c4ccccc4)nc(-c4cccc5sc6ccc(-c7ccc8nc(-c9cccc(-c%10ccccc%10)c9)oc8c7)cc6c45)n3)c2)cc1. The van der Waals surface area contributed by atoms with Crippen molar-refractivity contribution in [3.63, 3.8) is 0 Å². The average molecular weight is 761 g/mol. The lowest BCUT2D eigenvalue weighted by Crippen LogP contribution is -2.00. The number of rotatable bonds is 7. The summed E-state index contributed by atoms with van der Waals surface area (Å²) < 4.78 is 8.79. The van der Waals surface area contributed by atoms with Crippen LogP contribution in [-0.4, -0.2) is 19.9 Å². The molecule has 0 atom stereocenters. The largest absolute Gasteiger partial charge is 0.436 e. The summed E-state index contributed by atoms with van der Waals surface area (Å²) in [6, 6.07) is 67.0. The van der Waals surface area contributed by atoms with E-state index in [1.54, 1.807) is 11.3 Å². The van der Waals surface area contributed by atoms with Gasteiger partial charge in [-0.15, -0.1) is 11.3 Å². The molecule has 0 amide bonds. The summed E-state index contributed by atoms with van der Waals surface area (Å²) in [6.07, 6.45) is 0. The molecular weight excluding hydrogens is 729 g/mol. The van der Waals surface area contributed by atoms with Gasteiger partial charge in [-0.2, -0.15) is 0 Å². The molecule has 0 bridgehead atoms. The van der Waals surface area contributed by atoms with Crippen LogP contribution in [0.25, 0.3) is 110 Å². The molecule has 58 heavy (non-hydrogen) atoms. The maximum Gasteiger partial charge on any atom is 0.227 e. The Morgan fingerprint density at radius 3 is 1.60 bits per heavy atom. The van der Waals surface area contributed by atoms with Gasteiger partial charge >= 0.3 is 0 Å². The molecule has 0 aliphatic heterocycles. The quantitative estimate of drug-likeness (QED) is 0.162. The predicted molar refractivity (Wildman–Crippen MR) is 238 cm³/mol. The molecule has 5 nitrogen and oxygen atoms in total. The fourth-order valence-electron chi connectivity index (χ4n) is 7.69. The fourth-order valence-corrected chi connectivity index (χ4v) is 8.81. The van der Waals surface area contributed by atoms with E-state index in [2.05, 4.69) is 140 Å². The lowest BCUT2D eigenvalue weighted by molar-refractivity contribution is 0.620. The molecule has 0 aliphatic rings. The summed E-state index contributed by atoms with van der Waals surface area (Å²) in [4.78, 5) is 20.3. The molecule has 0 saturated carbocycles. The molecule has 0 radical (unpaired) electrons. The van der Waals surface area contributed by atoms with Crippen LogP contribution in [0, 0.1) is 0 Å². The first-order valence-electron chi connectivity index (χ1n) is 19.2. The normalized spacial score (nSPS) is 11.4. The maximum atomic E-state index is 6.42. The van der Waals surface area contributed by atoms with E-state index in [0.29, 0.717) is 23.4 Å². The Kier molecular flexibility index (Phi) is 8.26. The van der Waals surface area contributed by atoms with Crippen molar-refractivity contribution in [3.8, 4) is 79.0 Å². The van der Waals surface area contributed by atoms with Crippen molar-refractivity contribution in [1.82, 2.24) is 19.9 Å². The van der Waals surface area contributed by atoms with Crippen LogP contribution in [-0.2, 0) is 0 Å². The lowest BCUT2D eigenvalue weighted by atomic mass is 10.00. The second-order valence-corrected chi connectivity index (χ2v) is 15.3. The highest BCUT2D eigenvalue weighted by molar-refractivity contribution is 7.26. The second-order valence-electron chi connectivity index (χ2n) is 14.3. The van der Waals surface area contributed by atoms with Crippen LogP contribution in [0.2, 0.25) is 0 Å². The van der Waals surface area contributed by atoms with E-state index in [9.17, 15) is 0 Å². The third-order valence-corrected chi connectivity index (χ3v) is 11.7. The highest BCUT2D eigenvalue weighted by Gasteiger charge is 2.18. The minimum absolute atomic E-state index is 0.604. The summed E-state index contributed by atoms with van der Waals surface area (Å²) in [5.41, 5.74) is 12.0. The molecule has 0 spiro atoms. The first-order valence-corrected chi connectivity index (χ1v) is 20.0. The molecule has 6 heteroatoms. The highest BCUT2D eigenvalue weighted by atomic mass is 32.1. The minimum atomic E-state index is 0.604. The van der Waals surface area contributed by atoms with Crippen LogP contribution in [0.15, 0.2) is 199 Å². The van der Waals surface area contributed by atoms with Crippen molar-refractivity contribution in [2.75, 3.05) is 0 Å². The number of hydrogen-bond donors (Lipinski definition) is 0. The molecule has 0 unspecified atom stereocenters. The molecule has 0 saturated heterocycles. The molecule has 0 N–H and O–H groups in total. The fraction of sp³-hybridized carbons (Fsp3) is 0. The number of hydrogen-bond acceptors (Lipinski definition) is 6. The van der Waals surface area contributed by atoms with Crippen LogP contribution < -0.4 is 0 Å². The van der Waals surface area contributed by atoms with Crippen LogP contribution >= 0.6 is 11.3 Å². The van der Waals surface area contributed by atoms with Gasteiger partial charge < -0.3 is 4.42 Å². The zero-order chi connectivity index (χ0) is 38.4. The van der Waals surface area contributed by atoms with Gasteiger partial charge in [0, 0.05) is 42.4 Å². The van der Waals surface area contributed by atoms with E-state index in [1.807, 2.05) is 54.6 Å². The van der Waals surface area contributed by atoms with Gasteiger partial charge in [0.15, 0.2) is 23.1 Å². The summed E-state index contributed by atoms with van der Waals surface area (Å²) >= 11 is 1.78. The summed E-state index contributed by atoms with van der Waals surface area (Å²) in [5, 5.41) is 2.28. The van der Waals surface area contributed by atoms with E-state index in [4.69, 9.17) is 24.4 Å². The van der Waals surface area contributed by atoms with Crippen molar-refractivity contribution in [3.05, 3.63) is 194 Å². The molecule has 11 rings (SSSR count). The Labute approximate surface area is 338 Å². The van der Waals surface area contributed by atoms with E-state index < -0.39 is 0 Å². The Morgan fingerprint density at radius 2 is 0.879 bits per heavy atom. The van der Waals surface area contributed by atoms with Gasteiger partial charge in [0.05, 0.1) is 0 Å². The molecule has 272 valence electrons. The van der Waals surface area contributed by atoms with Crippen LogP contribution in [0.3, 0.4) is 0 Å². The van der Waals surface area contributed by atoms with Crippen molar-refractivity contribution in [2.45, 2.75) is 0 Å². The number of benzene rings is 8. The van der Waals surface area contributed by atoms with Gasteiger partial charge in [-0.25, -0.2) is 19.9 Å². The van der Waals surface area contributed by atoms with Crippen LogP contribution in [0.5, 0.6) is 0 Å². The van der Waals surface area contributed by atoms with Crippen molar-refractivity contribution < 1.29 is 4.42 Å². The van der Waals surface area contributed by atoms with Crippen LogP contribution in [0.1, 0.15) is 0 Å². The van der Waals surface area contributed by atoms with E-state index in [0.717, 1.165) is 77.5 Å². The van der Waals surface area contributed by atoms with Gasteiger partial charge in [-0.05, 0) is 81.9 Å². The van der Waals surface area contributed by atoms with Crippen molar-refractivity contribution in [2.24, 2.45) is 0 Å². The third-order valence-electron chi connectivity index (χ3n) is 10.6. The minimum Gasteiger partial charge on any atom is -0.436 e. The summed E-state index contributed by atoms with van der Waals surface area (Å²) in [6.45, 7) is 0. The molecule has 8 aromatic carbocycles. The van der Waals surface area contributed by atoms with E-state index in [1.165, 1.54) is 9.40 Å². The van der Waals surface area contributed by atoms with E-state index in [-0.39, 0.29) is 0 Å². The predicted octanol–water partition coefficient (Wildman–Crippen LogP) is 14.0. The van der Waals surface area contributed by atoms with Gasteiger partial charge in [-0.1, -0.05) is 146 Å². The molecular formula is C52H32N4OS. The summed E-state index contributed by atoms with van der Waals surface area (Å²) in [5.74, 6) is 2.50. The van der Waals surface area contributed by atoms with E-state index >= 15 is 0 Å². The number of oxazole rings is 1. The van der Waals surface area contributed by atoms with Gasteiger partial charge in [0.2, 0.25) is 5.89 Å². The molecule has 0 fully saturated rings. The number of thiophene rings is 1. The molecule has 11 aromatic rings. The Morgan fingerprint density at radius 1 is 0.345 bits per heavy atom. The molecule has 3 aromatic heterocycles. The first-order chi connectivity index (χ1) is 28.7. The van der Waals surface area contributed by atoms with Gasteiger partial charge in [0.25, 0.3) is 0 Å². The Balaban J connectivity index is 1.01. The summed E-state index contributed by atoms with van der Waals surface area (Å²) in [7, 11) is 0. The van der Waals surface area contributed by atoms with Crippen molar-refractivity contribution in [1.29, 1.82) is 0 Å². The van der Waals surface area contributed by atoms with Crippen molar-refractivity contribution >= 4 is 42.6 Å². The average Bonchev–Trinajstić information content (AvgIpc) is 3.91. The van der Waals surface area contributed by atoms with Crippen LogP contribution in [0.4, 0.5) is 0 Å². The topological polar surface area (TPSA) is 64.7 Å². The Bertz CT molecular complexity index is 3280. The lowest BCUT2D eigenvalue weighted by Gasteiger charge is -2.11. The maximum absolute atomic E-state index is 6.42. The number of aromatic nitrogens is 4. The highest BCUT2D eigenvalue weighted by Crippen LogP contribution is 2.42. The first kappa shape index (κ1) is 33.8. The Hall–Kier alpha value is -7.54. The zero-order valence-electron chi connectivity index (χ0n) is 31.1. The number of fused-ring (bicyclic) bond motifs is 4. The molecule has 0 aliphatic carbocycles. The standard InChI is InChI=1S/C52H32N4OS/c1-4-13-33(14-5-1)36-19-10-21-40(29-36)50-54-49(35-17-8-3-9-18-35)55-51(56-50)42-23-12-24-47-48(42)43-31-38(26-28-46(43)58-47)39-25-27-44-45(32-39)57-52(53-44)41-22-11-20-37(30-41)34-15-6-2-7-16-34/h1-32H. The monoisotopic (exact) mass is 760 g/mol. The zero-order valence-corrected chi connectivity index (χ0v) is 31.9. The smallest absolute Gasteiger partial charge is 0.227 e. The second kappa shape index (κ2) is 14.2. The van der Waals surface area contributed by atoms with Gasteiger partial charge in [-0.3, -0.25) is 0 Å². The number of nitrogens with zero attached hydrogens (tertiary/aromatic N) is 4.